The molecule has 1 rings (SSSR count). The number of nitrogens with two attached hydrogens (primary N) is 1. The molecule has 0 aliphatic rings. The molecule has 0 aliphatic heterocycles. The fraction of sp³-hybridized carbons (Fsp3) is 0.364. The van der Waals surface area contributed by atoms with Crippen LogP contribution in [0.2, 0.25) is 0 Å². The average molecular weight is 193 g/mol. The number of aryl methyl sites for hydroxylation is 1. The second kappa shape index (κ2) is 4.13. The normalized spacial score (nSPS) is 9.93. The number of methoxy groups -OCH3 is 1. The lowest BCUT2D eigenvalue weighted by atomic mass is 10.0. The third-order valence-corrected chi connectivity index (χ3v) is 2.19. The van der Waals surface area contributed by atoms with Gasteiger partial charge in [-0.2, -0.15) is 0 Å². The molecule has 1 aromatic rings. The Hall–Kier alpha value is -1.51. The molecular formula is C11H15NO2. The average Bonchev–Trinajstić information content (AvgIpc) is 2.19. The molecule has 0 amide bonds. The van der Waals surface area contributed by atoms with E-state index < -0.39 is 0 Å². The number of hydrogen-bond donors (Lipinski definition) is 1. The lowest BCUT2D eigenvalue weighted by Gasteiger charge is -2.09. The first-order valence-corrected chi connectivity index (χ1v) is 4.57. The van der Waals surface area contributed by atoms with Gasteiger partial charge in [-0.25, -0.2) is 0 Å². The van der Waals surface area contributed by atoms with Crippen LogP contribution in [0.4, 0.5) is 5.69 Å². The van der Waals surface area contributed by atoms with Crippen molar-refractivity contribution in [2.75, 3.05) is 12.8 Å². The van der Waals surface area contributed by atoms with Gasteiger partial charge in [0.05, 0.1) is 7.11 Å². The number of carbonyl (C=O) groups excluding carboxylic acids is 1. The minimum atomic E-state index is 0.0632. The zero-order chi connectivity index (χ0) is 10.7. The summed E-state index contributed by atoms with van der Waals surface area (Å²) >= 11 is 0. The zero-order valence-corrected chi connectivity index (χ0v) is 8.76. The zero-order valence-electron chi connectivity index (χ0n) is 8.76. The number of hydrogen-bond acceptors (Lipinski definition) is 3. The molecule has 0 atom stereocenters. The third-order valence-electron chi connectivity index (χ3n) is 2.19. The first-order chi connectivity index (χ1) is 6.60. The Labute approximate surface area is 83.9 Å². The molecule has 0 spiro atoms. The van der Waals surface area contributed by atoms with Gasteiger partial charge in [-0.15, -0.1) is 0 Å². The topological polar surface area (TPSA) is 52.3 Å². The highest BCUT2D eigenvalue weighted by atomic mass is 16.5. The second-order valence-electron chi connectivity index (χ2n) is 3.19. The van der Waals surface area contributed by atoms with Crippen LogP contribution in [-0.4, -0.2) is 12.9 Å². The molecule has 14 heavy (non-hydrogen) atoms. The van der Waals surface area contributed by atoms with E-state index in [0.29, 0.717) is 17.7 Å². The number of carbonyl (C=O) groups is 1. The number of nitrogen functional groups attached to an aromatic ring is 1. The van der Waals surface area contributed by atoms with Gasteiger partial charge in [-0.3, -0.25) is 4.79 Å². The highest BCUT2D eigenvalue weighted by Crippen LogP contribution is 2.25. The van der Waals surface area contributed by atoms with Crippen LogP contribution >= 0.6 is 0 Å². The summed E-state index contributed by atoms with van der Waals surface area (Å²) < 4.78 is 5.10. The predicted molar refractivity (Wildman–Crippen MR) is 56.8 cm³/mol. The Balaban J connectivity index is 3.21. The van der Waals surface area contributed by atoms with E-state index >= 15 is 0 Å². The van der Waals surface area contributed by atoms with Crippen LogP contribution in [-0.2, 0) is 0 Å². The van der Waals surface area contributed by atoms with Crippen molar-refractivity contribution in [1.82, 2.24) is 0 Å². The Morgan fingerprint density at radius 3 is 2.64 bits per heavy atom. The molecule has 1 aromatic carbocycles. The van der Waals surface area contributed by atoms with E-state index in [1.165, 1.54) is 0 Å². The number of benzene rings is 1. The molecule has 2 N–H and O–H groups in total. The van der Waals surface area contributed by atoms with Crippen molar-refractivity contribution in [2.24, 2.45) is 0 Å². The molecule has 0 bridgehead atoms. The smallest absolute Gasteiger partial charge is 0.164 e. The Morgan fingerprint density at radius 2 is 2.14 bits per heavy atom. The van der Waals surface area contributed by atoms with Crippen LogP contribution in [0.3, 0.4) is 0 Å². The first-order valence-electron chi connectivity index (χ1n) is 4.57. The molecule has 76 valence electrons. The van der Waals surface area contributed by atoms with Gasteiger partial charge in [0.15, 0.2) is 5.78 Å². The fourth-order valence-corrected chi connectivity index (χ4v) is 1.36. The van der Waals surface area contributed by atoms with Gasteiger partial charge in [-0.05, 0) is 18.6 Å². The Bertz CT molecular complexity index is 359. The van der Waals surface area contributed by atoms with Gasteiger partial charge in [0.25, 0.3) is 0 Å². The van der Waals surface area contributed by atoms with Crippen molar-refractivity contribution in [3.05, 3.63) is 23.3 Å². The maximum Gasteiger partial charge on any atom is 0.164 e. The molecule has 0 saturated carbocycles. The van der Waals surface area contributed by atoms with Gasteiger partial charge in [-0.1, -0.05) is 6.92 Å². The lowest BCUT2D eigenvalue weighted by molar-refractivity contribution is 0.0989. The summed E-state index contributed by atoms with van der Waals surface area (Å²) in [7, 11) is 1.59. The summed E-state index contributed by atoms with van der Waals surface area (Å²) in [4.78, 5) is 11.5. The van der Waals surface area contributed by atoms with E-state index in [4.69, 9.17) is 10.5 Å². The summed E-state index contributed by atoms with van der Waals surface area (Å²) in [6.45, 7) is 3.71. The van der Waals surface area contributed by atoms with E-state index in [2.05, 4.69) is 0 Å². The van der Waals surface area contributed by atoms with Crippen LogP contribution in [0.1, 0.15) is 29.3 Å². The minimum Gasteiger partial charge on any atom is -0.496 e. The van der Waals surface area contributed by atoms with Crippen LogP contribution in [0.25, 0.3) is 0 Å². The lowest BCUT2D eigenvalue weighted by Crippen LogP contribution is -2.03. The van der Waals surface area contributed by atoms with E-state index in [1.54, 1.807) is 19.2 Å². The van der Waals surface area contributed by atoms with Crippen LogP contribution in [0.5, 0.6) is 5.75 Å². The number of ketones is 1. The Kier molecular flexibility index (Phi) is 3.12. The fourth-order valence-electron chi connectivity index (χ4n) is 1.36. The molecule has 0 fully saturated rings. The van der Waals surface area contributed by atoms with Crippen molar-refractivity contribution >= 4 is 11.5 Å². The van der Waals surface area contributed by atoms with Gasteiger partial charge in [0.1, 0.15) is 5.75 Å². The summed E-state index contributed by atoms with van der Waals surface area (Å²) in [6, 6.07) is 3.47. The molecule has 0 unspecified atom stereocenters. The number of anilines is 1. The summed E-state index contributed by atoms with van der Waals surface area (Å²) in [5, 5.41) is 0. The first kappa shape index (κ1) is 10.6. The second-order valence-corrected chi connectivity index (χ2v) is 3.19. The maximum absolute atomic E-state index is 11.5. The van der Waals surface area contributed by atoms with Gasteiger partial charge < -0.3 is 10.5 Å². The van der Waals surface area contributed by atoms with E-state index in [9.17, 15) is 4.79 Å². The number of Topliss-reactive ketones (excluding diaryl/α,β-unsaturated/α-hetero) is 1. The SMILES string of the molecule is CCC(=O)c1cc(C)c(OC)cc1N. The predicted octanol–water partition coefficient (Wildman–Crippen LogP) is 2.18. The van der Waals surface area contributed by atoms with E-state index in [0.717, 1.165) is 11.3 Å². The largest absolute Gasteiger partial charge is 0.496 e. The number of ether oxygens (including phenoxy) is 1. The van der Waals surface area contributed by atoms with E-state index in [1.807, 2.05) is 13.8 Å². The molecule has 0 radical (unpaired) electrons. The molecule has 0 aliphatic carbocycles. The highest BCUT2D eigenvalue weighted by molar-refractivity contribution is 6.01. The molecular weight excluding hydrogens is 178 g/mol. The standard InChI is InChI=1S/C11H15NO2/c1-4-10(13)8-5-7(2)11(14-3)6-9(8)12/h5-6H,4,12H2,1-3H3. The molecule has 3 heteroatoms. The molecule has 0 heterocycles. The minimum absolute atomic E-state index is 0.0632. The van der Waals surface area contributed by atoms with Crippen molar-refractivity contribution in [3.8, 4) is 5.75 Å². The Morgan fingerprint density at radius 1 is 1.50 bits per heavy atom. The quantitative estimate of drug-likeness (QED) is 0.591. The van der Waals surface area contributed by atoms with Gasteiger partial charge in [0.2, 0.25) is 0 Å². The van der Waals surface area contributed by atoms with Gasteiger partial charge >= 0.3 is 0 Å². The number of rotatable bonds is 3. The maximum atomic E-state index is 11.5. The molecule has 0 aromatic heterocycles. The van der Waals surface area contributed by atoms with Gasteiger partial charge in [0, 0.05) is 23.7 Å². The van der Waals surface area contributed by atoms with Crippen LogP contribution in [0, 0.1) is 6.92 Å². The van der Waals surface area contributed by atoms with Crippen molar-refractivity contribution < 1.29 is 9.53 Å². The van der Waals surface area contributed by atoms with Crippen LogP contribution in [0.15, 0.2) is 12.1 Å². The molecule has 0 saturated heterocycles. The highest BCUT2D eigenvalue weighted by Gasteiger charge is 2.10. The molecule has 3 nitrogen and oxygen atoms in total. The summed E-state index contributed by atoms with van der Waals surface area (Å²) in [5.74, 6) is 0.781. The monoisotopic (exact) mass is 193 g/mol. The summed E-state index contributed by atoms with van der Waals surface area (Å²) in [5.41, 5.74) is 7.74. The van der Waals surface area contributed by atoms with Crippen LogP contribution < -0.4 is 10.5 Å². The third kappa shape index (κ3) is 1.87. The van der Waals surface area contributed by atoms with E-state index in [-0.39, 0.29) is 5.78 Å². The van der Waals surface area contributed by atoms with Crippen molar-refractivity contribution in [1.29, 1.82) is 0 Å². The van der Waals surface area contributed by atoms with Crippen molar-refractivity contribution in [3.63, 3.8) is 0 Å². The summed E-state index contributed by atoms with van der Waals surface area (Å²) in [6.07, 6.45) is 0.468. The van der Waals surface area contributed by atoms with Crippen molar-refractivity contribution in [2.45, 2.75) is 20.3 Å².